The van der Waals surface area contributed by atoms with Gasteiger partial charge in [0.05, 0.1) is 6.42 Å². The molecule has 2 N–H and O–H groups in total. The van der Waals surface area contributed by atoms with E-state index in [1.54, 1.807) is 24.3 Å². The number of hydrogen-bond acceptors (Lipinski definition) is 2. The van der Waals surface area contributed by atoms with Gasteiger partial charge < -0.3 is 10.4 Å². The Kier molecular flexibility index (Phi) is 4.79. The van der Waals surface area contributed by atoms with Gasteiger partial charge in [-0.3, -0.25) is 9.59 Å². The number of halogens is 1. The van der Waals surface area contributed by atoms with Gasteiger partial charge in [-0.15, -0.1) is 11.6 Å². The van der Waals surface area contributed by atoms with Crippen molar-refractivity contribution in [2.75, 3.05) is 6.54 Å². The van der Waals surface area contributed by atoms with E-state index < -0.39 is 5.97 Å². The van der Waals surface area contributed by atoms with E-state index in [9.17, 15) is 9.59 Å². The number of carbonyl (C=O) groups is 2. The van der Waals surface area contributed by atoms with Crippen molar-refractivity contribution >= 4 is 23.5 Å². The minimum atomic E-state index is -0.933. The maximum absolute atomic E-state index is 11.5. The number of aliphatic carboxylic acids is 1. The van der Waals surface area contributed by atoms with Crippen LogP contribution in [0.25, 0.3) is 0 Å². The Bertz CT molecular complexity index is 375. The molecule has 0 aliphatic heterocycles. The highest BCUT2D eigenvalue weighted by Crippen LogP contribution is 2.06. The average Bonchev–Trinajstić information content (AvgIpc) is 2.28. The SMILES string of the molecule is O=C(O)CCNC(=O)c1ccc(CCl)cc1. The first kappa shape index (κ1) is 12.5. The van der Waals surface area contributed by atoms with Gasteiger partial charge in [-0.1, -0.05) is 12.1 Å². The van der Waals surface area contributed by atoms with Crippen LogP contribution in [0.15, 0.2) is 24.3 Å². The van der Waals surface area contributed by atoms with E-state index in [0.29, 0.717) is 11.4 Å². The van der Waals surface area contributed by atoms with Gasteiger partial charge in [0.15, 0.2) is 0 Å². The summed E-state index contributed by atoms with van der Waals surface area (Å²) in [5, 5.41) is 10.9. The molecule has 0 aliphatic carbocycles. The lowest BCUT2D eigenvalue weighted by Crippen LogP contribution is -2.25. The number of benzene rings is 1. The molecule has 0 fully saturated rings. The fraction of sp³-hybridized carbons (Fsp3) is 0.273. The third-order valence-corrected chi connectivity index (χ3v) is 2.30. The minimum Gasteiger partial charge on any atom is -0.481 e. The zero-order valence-corrected chi connectivity index (χ0v) is 9.33. The Morgan fingerprint density at radius 1 is 1.25 bits per heavy atom. The summed E-state index contributed by atoms with van der Waals surface area (Å²) >= 11 is 5.61. The van der Waals surface area contributed by atoms with Gasteiger partial charge in [0, 0.05) is 18.0 Å². The first-order chi connectivity index (χ1) is 7.63. The van der Waals surface area contributed by atoms with Crippen LogP contribution in [-0.4, -0.2) is 23.5 Å². The van der Waals surface area contributed by atoms with E-state index in [4.69, 9.17) is 16.7 Å². The highest BCUT2D eigenvalue weighted by atomic mass is 35.5. The van der Waals surface area contributed by atoms with Gasteiger partial charge in [-0.2, -0.15) is 0 Å². The number of alkyl halides is 1. The Hall–Kier alpha value is -1.55. The highest BCUT2D eigenvalue weighted by molar-refractivity contribution is 6.17. The third-order valence-electron chi connectivity index (χ3n) is 1.99. The van der Waals surface area contributed by atoms with Gasteiger partial charge >= 0.3 is 5.97 Å². The first-order valence-electron chi connectivity index (χ1n) is 4.78. The van der Waals surface area contributed by atoms with E-state index in [2.05, 4.69) is 5.32 Å². The molecule has 0 atom stereocenters. The summed E-state index contributed by atoms with van der Waals surface area (Å²) < 4.78 is 0. The van der Waals surface area contributed by atoms with Crippen molar-refractivity contribution in [3.05, 3.63) is 35.4 Å². The van der Waals surface area contributed by atoms with E-state index in [1.807, 2.05) is 0 Å². The van der Waals surface area contributed by atoms with Crippen LogP contribution in [0, 0.1) is 0 Å². The first-order valence-corrected chi connectivity index (χ1v) is 5.32. The topological polar surface area (TPSA) is 66.4 Å². The molecule has 1 amide bonds. The Labute approximate surface area is 98.2 Å². The average molecular weight is 242 g/mol. The summed E-state index contributed by atoms with van der Waals surface area (Å²) in [7, 11) is 0. The van der Waals surface area contributed by atoms with Crippen LogP contribution in [0.3, 0.4) is 0 Å². The summed E-state index contributed by atoms with van der Waals surface area (Å²) in [4.78, 5) is 21.7. The summed E-state index contributed by atoms with van der Waals surface area (Å²) in [6.45, 7) is 0.130. The molecular formula is C11H12ClNO3. The van der Waals surface area contributed by atoms with Crippen LogP contribution in [0.1, 0.15) is 22.3 Å². The number of carboxylic acid groups (broad SMARTS) is 1. The zero-order chi connectivity index (χ0) is 12.0. The van der Waals surface area contributed by atoms with Crippen molar-refractivity contribution < 1.29 is 14.7 Å². The molecule has 86 valence electrons. The third kappa shape index (κ3) is 3.90. The number of nitrogens with one attached hydrogen (secondary N) is 1. The van der Waals surface area contributed by atoms with Crippen molar-refractivity contribution in [2.24, 2.45) is 0 Å². The quantitative estimate of drug-likeness (QED) is 0.770. The van der Waals surface area contributed by atoms with Gasteiger partial charge in [-0.05, 0) is 17.7 Å². The zero-order valence-electron chi connectivity index (χ0n) is 8.57. The molecule has 5 heteroatoms. The van der Waals surface area contributed by atoms with E-state index >= 15 is 0 Å². The lowest BCUT2D eigenvalue weighted by molar-refractivity contribution is -0.136. The van der Waals surface area contributed by atoms with Crippen LogP contribution >= 0.6 is 11.6 Å². The molecule has 1 aromatic rings. The predicted octanol–water partition coefficient (Wildman–Crippen LogP) is 1.63. The molecule has 4 nitrogen and oxygen atoms in total. The van der Waals surface area contributed by atoms with Crippen LogP contribution in [-0.2, 0) is 10.7 Å². The molecule has 0 aromatic heterocycles. The van der Waals surface area contributed by atoms with Crippen LogP contribution in [0.4, 0.5) is 0 Å². The van der Waals surface area contributed by atoms with Crippen LogP contribution in [0.2, 0.25) is 0 Å². The lowest BCUT2D eigenvalue weighted by Gasteiger charge is -2.03. The number of amides is 1. The molecule has 0 bridgehead atoms. The molecule has 0 heterocycles. The van der Waals surface area contributed by atoms with Crippen LogP contribution < -0.4 is 5.32 Å². The molecule has 16 heavy (non-hydrogen) atoms. The number of carboxylic acids is 1. The fourth-order valence-electron chi connectivity index (χ4n) is 1.13. The molecule has 0 saturated heterocycles. The van der Waals surface area contributed by atoms with Gasteiger partial charge in [0.1, 0.15) is 0 Å². The molecule has 0 aliphatic rings. The van der Waals surface area contributed by atoms with E-state index in [1.165, 1.54) is 0 Å². The van der Waals surface area contributed by atoms with Gasteiger partial charge in [-0.25, -0.2) is 0 Å². The summed E-state index contributed by atoms with van der Waals surface area (Å²) in [5.74, 6) is -0.805. The van der Waals surface area contributed by atoms with E-state index in [-0.39, 0.29) is 18.9 Å². The van der Waals surface area contributed by atoms with Gasteiger partial charge in [0.25, 0.3) is 5.91 Å². The van der Waals surface area contributed by atoms with Crippen molar-refractivity contribution in [3.63, 3.8) is 0 Å². The molecule has 0 radical (unpaired) electrons. The van der Waals surface area contributed by atoms with Crippen molar-refractivity contribution in [1.29, 1.82) is 0 Å². The predicted molar refractivity (Wildman–Crippen MR) is 60.6 cm³/mol. The van der Waals surface area contributed by atoms with Crippen molar-refractivity contribution in [3.8, 4) is 0 Å². The van der Waals surface area contributed by atoms with Crippen molar-refractivity contribution in [2.45, 2.75) is 12.3 Å². The maximum Gasteiger partial charge on any atom is 0.305 e. The summed E-state index contributed by atoms with van der Waals surface area (Å²) in [6, 6.07) is 6.85. The molecule has 0 spiro atoms. The van der Waals surface area contributed by atoms with E-state index in [0.717, 1.165) is 5.56 Å². The number of carbonyl (C=O) groups excluding carboxylic acids is 1. The Morgan fingerprint density at radius 2 is 1.88 bits per heavy atom. The molecule has 0 saturated carbocycles. The maximum atomic E-state index is 11.5. The second-order valence-electron chi connectivity index (χ2n) is 3.23. The second-order valence-corrected chi connectivity index (χ2v) is 3.50. The van der Waals surface area contributed by atoms with Crippen molar-refractivity contribution in [1.82, 2.24) is 5.32 Å². The fourth-order valence-corrected chi connectivity index (χ4v) is 1.31. The van der Waals surface area contributed by atoms with Crippen LogP contribution in [0.5, 0.6) is 0 Å². The molecule has 1 aromatic carbocycles. The second kappa shape index (κ2) is 6.12. The minimum absolute atomic E-state index is 0.0779. The number of rotatable bonds is 5. The lowest BCUT2D eigenvalue weighted by atomic mass is 10.1. The Morgan fingerprint density at radius 3 is 2.38 bits per heavy atom. The summed E-state index contributed by atoms with van der Waals surface area (Å²) in [6.07, 6.45) is -0.0779. The normalized spacial score (nSPS) is 9.81. The Balaban J connectivity index is 2.49. The number of hydrogen-bond donors (Lipinski definition) is 2. The molecule has 1 rings (SSSR count). The van der Waals surface area contributed by atoms with Gasteiger partial charge in [0.2, 0.25) is 0 Å². The largest absolute Gasteiger partial charge is 0.481 e. The standard InChI is InChI=1S/C11H12ClNO3/c12-7-8-1-3-9(4-2-8)11(16)13-6-5-10(14)15/h1-4H,5-7H2,(H,13,16)(H,14,15). The monoisotopic (exact) mass is 241 g/mol. The highest BCUT2D eigenvalue weighted by Gasteiger charge is 2.05. The molecule has 0 unspecified atom stereocenters. The smallest absolute Gasteiger partial charge is 0.305 e. The molecular weight excluding hydrogens is 230 g/mol. The summed E-state index contributed by atoms with van der Waals surface area (Å²) in [5.41, 5.74) is 1.43.